The van der Waals surface area contributed by atoms with E-state index in [0.717, 1.165) is 18.7 Å². The van der Waals surface area contributed by atoms with E-state index in [1.807, 2.05) is 0 Å². The SMILES string of the molecule is CCc1cc(C(C)(C)c2ccc3c(c2)CN(c2ccccc2)CO3)ccc1C. The number of hydrogen-bond donors (Lipinski definition) is 0. The van der Waals surface area contributed by atoms with Gasteiger partial charge < -0.3 is 9.64 Å². The molecule has 0 saturated heterocycles. The monoisotopic (exact) mass is 371 g/mol. The standard InChI is InChI=1S/C26H29NO/c1-5-20-15-22(12-11-19(20)2)26(3,4)23-13-14-25-21(16-23)17-27(18-28-25)24-9-7-6-8-10-24/h6-16H,5,17-18H2,1-4H3. The van der Waals surface area contributed by atoms with Crippen molar-refractivity contribution in [3.8, 4) is 5.75 Å². The third kappa shape index (κ3) is 3.40. The predicted octanol–water partition coefficient (Wildman–Crippen LogP) is 6.24. The van der Waals surface area contributed by atoms with Crippen molar-refractivity contribution < 1.29 is 4.74 Å². The van der Waals surface area contributed by atoms with E-state index in [-0.39, 0.29) is 5.41 Å². The summed E-state index contributed by atoms with van der Waals surface area (Å²) in [6.45, 7) is 10.5. The molecule has 0 bridgehead atoms. The maximum absolute atomic E-state index is 6.04. The van der Waals surface area contributed by atoms with Crippen molar-refractivity contribution in [2.24, 2.45) is 0 Å². The molecule has 3 aromatic rings. The molecule has 0 N–H and O–H groups in total. The van der Waals surface area contributed by atoms with Crippen LogP contribution in [0.3, 0.4) is 0 Å². The van der Waals surface area contributed by atoms with E-state index in [4.69, 9.17) is 4.74 Å². The summed E-state index contributed by atoms with van der Waals surface area (Å²) < 4.78 is 6.04. The zero-order chi connectivity index (χ0) is 19.7. The number of nitrogens with zero attached hydrogens (tertiary/aromatic N) is 1. The zero-order valence-electron chi connectivity index (χ0n) is 17.3. The van der Waals surface area contributed by atoms with Crippen LogP contribution in [0.5, 0.6) is 5.75 Å². The average molecular weight is 372 g/mol. The first-order chi connectivity index (χ1) is 13.5. The van der Waals surface area contributed by atoms with Gasteiger partial charge in [0, 0.05) is 23.2 Å². The average Bonchev–Trinajstić information content (AvgIpc) is 2.73. The number of benzene rings is 3. The Morgan fingerprint density at radius 1 is 0.929 bits per heavy atom. The van der Waals surface area contributed by atoms with Gasteiger partial charge in [-0.05, 0) is 59.9 Å². The van der Waals surface area contributed by atoms with Crippen LogP contribution >= 0.6 is 0 Å². The maximum atomic E-state index is 6.04. The quantitative estimate of drug-likeness (QED) is 0.538. The van der Waals surface area contributed by atoms with E-state index in [2.05, 4.69) is 99.3 Å². The number of anilines is 1. The van der Waals surface area contributed by atoms with Gasteiger partial charge in [-0.3, -0.25) is 0 Å². The first-order valence-electron chi connectivity index (χ1n) is 10.1. The third-order valence-corrected chi connectivity index (χ3v) is 6.09. The zero-order valence-corrected chi connectivity index (χ0v) is 17.3. The van der Waals surface area contributed by atoms with Crippen LogP contribution in [0.1, 0.15) is 48.6 Å². The van der Waals surface area contributed by atoms with E-state index >= 15 is 0 Å². The summed E-state index contributed by atoms with van der Waals surface area (Å²) in [6.07, 6.45) is 1.07. The van der Waals surface area contributed by atoms with Gasteiger partial charge in [0.15, 0.2) is 6.73 Å². The van der Waals surface area contributed by atoms with Gasteiger partial charge in [-0.2, -0.15) is 0 Å². The van der Waals surface area contributed by atoms with Crippen molar-refractivity contribution in [2.75, 3.05) is 11.6 Å². The molecule has 2 heteroatoms. The second kappa shape index (κ2) is 7.35. The Labute approximate surface area is 168 Å². The van der Waals surface area contributed by atoms with Gasteiger partial charge in [0.25, 0.3) is 0 Å². The number of rotatable bonds is 4. The van der Waals surface area contributed by atoms with E-state index < -0.39 is 0 Å². The molecule has 28 heavy (non-hydrogen) atoms. The molecule has 4 rings (SSSR count). The van der Waals surface area contributed by atoms with Gasteiger partial charge in [-0.1, -0.05) is 63.2 Å². The normalized spacial score (nSPS) is 13.8. The van der Waals surface area contributed by atoms with Crippen LogP contribution in [0.25, 0.3) is 0 Å². The molecule has 1 heterocycles. The summed E-state index contributed by atoms with van der Waals surface area (Å²) in [7, 11) is 0. The molecule has 0 radical (unpaired) electrons. The highest BCUT2D eigenvalue weighted by Crippen LogP contribution is 2.37. The minimum atomic E-state index is -0.0539. The Kier molecular flexibility index (Phi) is 4.89. The first kappa shape index (κ1) is 18.6. The molecule has 3 aromatic carbocycles. The number of ether oxygens (including phenoxy) is 1. The van der Waals surface area contributed by atoms with Crippen LogP contribution in [-0.4, -0.2) is 6.73 Å². The lowest BCUT2D eigenvalue weighted by atomic mass is 9.76. The molecule has 1 aliphatic heterocycles. The number of fused-ring (bicyclic) bond motifs is 1. The number of aryl methyl sites for hydroxylation is 2. The van der Waals surface area contributed by atoms with Crippen LogP contribution in [0.15, 0.2) is 66.7 Å². The molecule has 144 valence electrons. The van der Waals surface area contributed by atoms with Gasteiger partial charge >= 0.3 is 0 Å². The molecular weight excluding hydrogens is 342 g/mol. The Hall–Kier alpha value is -2.74. The smallest absolute Gasteiger partial charge is 0.161 e. The molecule has 0 aliphatic carbocycles. The fourth-order valence-electron chi connectivity index (χ4n) is 4.04. The predicted molar refractivity (Wildman–Crippen MR) is 117 cm³/mol. The summed E-state index contributed by atoms with van der Waals surface area (Å²) in [5.74, 6) is 1.00. The van der Waals surface area contributed by atoms with Crippen LogP contribution in [0, 0.1) is 6.92 Å². The fourth-order valence-corrected chi connectivity index (χ4v) is 4.04. The topological polar surface area (TPSA) is 12.5 Å². The molecule has 0 amide bonds. The van der Waals surface area contributed by atoms with E-state index in [1.165, 1.54) is 33.5 Å². The largest absolute Gasteiger partial charge is 0.473 e. The Morgan fingerprint density at radius 2 is 1.64 bits per heavy atom. The van der Waals surface area contributed by atoms with Gasteiger partial charge in [-0.25, -0.2) is 0 Å². The molecule has 0 atom stereocenters. The molecular formula is C26H29NO. The maximum Gasteiger partial charge on any atom is 0.161 e. The molecule has 1 aliphatic rings. The summed E-state index contributed by atoms with van der Waals surface area (Å²) >= 11 is 0. The highest BCUT2D eigenvalue weighted by molar-refractivity contribution is 5.52. The molecule has 0 saturated carbocycles. The van der Waals surface area contributed by atoms with Crippen LogP contribution in [-0.2, 0) is 18.4 Å². The lowest BCUT2D eigenvalue weighted by Gasteiger charge is -2.33. The summed E-state index contributed by atoms with van der Waals surface area (Å²) in [5, 5.41) is 0. The van der Waals surface area contributed by atoms with Crippen LogP contribution < -0.4 is 9.64 Å². The lowest BCUT2D eigenvalue weighted by Crippen LogP contribution is -2.32. The molecule has 0 unspecified atom stereocenters. The number of para-hydroxylation sites is 1. The Balaban J connectivity index is 1.67. The summed E-state index contributed by atoms with van der Waals surface area (Å²) in [5.41, 5.74) is 7.90. The molecule has 0 aromatic heterocycles. The second-order valence-corrected chi connectivity index (χ2v) is 8.25. The Bertz CT molecular complexity index is 975. The molecule has 0 spiro atoms. The lowest BCUT2D eigenvalue weighted by molar-refractivity contribution is 0.289. The summed E-state index contributed by atoms with van der Waals surface area (Å²) in [4.78, 5) is 2.28. The Morgan fingerprint density at radius 3 is 2.39 bits per heavy atom. The van der Waals surface area contributed by atoms with Gasteiger partial charge in [0.05, 0.1) is 0 Å². The minimum Gasteiger partial charge on any atom is -0.473 e. The van der Waals surface area contributed by atoms with Crippen molar-refractivity contribution in [3.05, 3.63) is 94.5 Å². The first-order valence-corrected chi connectivity index (χ1v) is 10.1. The highest BCUT2D eigenvalue weighted by atomic mass is 16.5. The van der Waals surface area contributed by atoms with Crippen molar-refractivity contribution in [1.29, 1.82) is 0 Å². The van der Waals surface area contributed by atoms with Crippen LogP contribution in [0.2, 0.25) is 0 Å². The number of hydrogen-bond acceptors (Lipinski definition) is 2. The van der Waals surface area contributed by atoms with Gasteiger partial charge in [-0.15, -0.1) is 0 Å². The molecule has 2 nitrogen and oxygen atoms in total. The van der Waals surface area contributed by atoms with Gasteiger partial charge in [0.2, 0.25) is 0 Å². The summed E-state index contributed by atoms with van der Waals surface area (Å²) in [6, 6.07) is 24.1. The third-order valence-electron chi connectivity index (χ3n) is 6.09. The fraction of sp³-hybridized carbons (Fsp3) is 0.308. The van der Waals surface area contributed by atoms with E-state index in [1.54, 1.807) is 0 Å². The van der Waals surface area contributed by atoms with Crippen molar-refractivity contribution in [1.82, 2.24) is 0 Å². The second-order valence-electron chi connectivity index (χ2n) is 8.25. The molecule has 0 fully saturated rings. The van der Waals surface area contributed by atoms with Crippen molar-refractivity contribution in [3.63, 3.8) is 0 Å². The van der Waals surface area contributed by atoms with Crippen molar-refractivity contribution in [2.45, 2.75) is 46.1 Å². The van der Waals surface area contributed by atoms with E-state index in [0.29, 0.717) is 6.73 Å². The van der Waals surface area contributed by atoms with Crippen LogP contribution in [0.4, 0.5) is 5.69 Å². The minimum absolute atomic E-state index is 0.0539. The van der Waals surface area contributed by atoms with Gasteiger partial charge in [0.1, 0.15) is 5.75 Å². The van der Waals surface area contributed by atoms with Crippen molar-refractivity contribution >= 4 is 5.69 Å². The highest BCUT2D eigenvalue weighted by Gasteiger charge is 2.26. The van der Waals surface area contributed by atoms with E-state index in [9.17, 15) is 0 Å².